The lowest BCUT2D eigenvalue weighted by Gasteiger charge is -2.34. The topological polar surface area (TPSA) is 111 Å². The van der Waals surface area contributed by atoms with Crippen molar-refractivity contribution in [3.63, 3.8) is 0 Å². The number of methoxy groups -OCH3 is 1. The molecule has 2 aliphatic rings. The Labute approximate surface area is 211 Å². The molecule has 202 valence electrons. The summed E-state index contributed by atoms with van der Waals surface area (Å²) >= 11 is 0. The van der Waals surface area contributed by atoms with E-state index in [4.69, 9.17) is 14.2 Å². The molecule has 1 N–H and O–H groups in total. The summed E-state index contributed by atoms with van der Waals surface area (Å²) < 4.78 is 79.3. The number of fused-ring (bicyclic) bond motifs is 1. The minimum Gasteiger partial charge on any atom is -0.480 e. The molecule has 2 aliphatic heterocycles. The molecule has 4 heterocycles. The van der Waals surface area contributed by atoms with Crippen molar-refractivity contribution in [2.75, 3.05) is 38.8 Å². The number of sulfone groups is 1. The second kappa shape index (κ2) is 9.80. The lowest BCUT2D eigenvalue weighted by atomic mass is 9.94. The van der Waals surface area contributed by atoms with E-state index in [1.54, 1.807) is 37.1 Å². The third kappa shape index (κ3) is 6.12. The Balaban J connectivity index is 1.59. The van der Waals surface area contributed by atoms with E-state index < -0.39 is 34.1 Å². The van der Waals surface area contributed by atoms with Gasteiger partial charge in [0.15, 0.2) is 18.1 Å². The molecule has 2 aromatic rings. The second-order valence-electron chi connectivity index (χ2n) is 9.19. The Hall–Kier alpha value is -3.42. The lowest BCUT2D eigenvalue weighted by Crippen LogP contribution is -2.51. The summed E-state index contributed by atoms with van der Waals surface area (Å²) in [6.45, 7) is 0.718. The first-order valence-corrected chi connectivity index (χ1v) is 13.2. The maximum Gasteiger partial charge on any atom is 0.422 e. The summed E-state index contributed by atoms with van der Waals surface area (Å²) in [7, 11) is -0.0957. The van der Waals surface area contributed by atoms with Crippen molar-refractivity contribution in [1.82, 2.24) is 19.6 Å². The number of nitrogens with zero attached hydrogens (tertiary/aromatic N) is 3. The van der Waals surface area contributed by atoms with Crippen LogP contribution in [0.4, 0.5) is 13.2 Å². The third-order valence-corrected chi connectivity index (χ3v) is 7.77. The standard InChI is InChI=1S/C23H27F3N4O6S/c1-22(8-11-37(32,33)12-9-22)28-19(31)18-21(34-3)30-13-15(6-7-17(30)27-18)36-20-16(5-4-10-29(20)2)35-14-23(24,25)26/h4-7,13H,8-12,14H2,1-3H3,(H,28,31). The number of rotatable bonds is 7. The molecule has 0 unspecified atom stereocenters. The largest absolute Gasteiger partial charge is 0.480 e. The van der Waals surface area contributed by atoms with Crippen molar-refractivity contribution < 1.29 is 40.6 Å². The van der Waals surface area contributed by atoms with Crippen LogP contribution in [-0.4, -0.2) is 79.1 Å². The van der Waals surface area contributed by atoms with E-state index in [9.17, 15) is 26.4 Å². The second-order valence-corrected chi connectivity index (χ2v) is 11.5. The molecule has 0 aromatic carbocycles. The molecule has 1 fully saturated rings. The van der Waals surface area contributed by atoms with Crippen LogP contribution >= 0.6 is 0 Å². The van der Waals surface area contributed by atoms with E-state index in [0.717, 1.165) is 0 Å². The number of pyridine rings is 1. The summed E-state index contributed by atoms with van der Waals surface area (Å²) in [5.74, 6) is -0.182. The molecule has 0 atom stereocenters. The average molecular weight is 545 g/mol. The van der Waals surface area contributed by atoms with Crippen molar-refractivity contribution in [3.05, 3.63) is 47.8 Å². The van der Waals surface area contributed by atoms with E-state index in [-0.39, 0.29) is 53.3 Å². The van der Waals surface area contributed by atoms with Gasteiger partial charge < -0.3 is 24.4 Å². The van der Waals surface area contributed by atoms with Gasteiger partial charge in [0.1, 0.15) is 21.2 Å². The number of hydrogen-bond donors (Lipinski definition) is 1. The number of ether oxygens (including phenoxy) is 3. The maximum absolute atomic E-state index is 13.1. The minimum atomic E-state index is -4.51. The summed E-state index contributed by atoms with van der Waals surface area (Å²) in [5, 5.41) is 2.88. The first-order chi connectivity index (χ1) is 17.3. The van der Waals surface area contributed by atoms with Gasteiger partial charge in [0.05, 0.1) is 24.8 Å². The summed E-state index contributed by atoms with van der Waals surface area (Å²) in [6.07, 6.45) is 0.609. The van der Waals surface area contributed by atoms with Crippen molar-refractivity contribution in [2.24, 2.45) is 0 Å². The number of hydrogen-bond acceptors (Lipinski definition) is 8. The first-order valence-electron chi connectivity index (χ1n) is 11.4. The van der Waals surface area contributed by atoms with Crippen LogP contribution in [-0.2, 0) is 14.6 Å². The molecule has 0 saturated carbocycles. The molecule has 0 radical (unpaired) electrons. The van der Waals surface area contributed by atoms with Gasteiger partial charge in [-0.15, -0.1) is 0 Å². The van der Waals surface area contributed by atoms with Gasteiger partial charge in [-0.1, -0.05) is 6.08 Å². The molecule has 0 spiro atoms. The van der Waals surface area contributed by atoms with Crippen molar-refractivity contribution >= 4 is 21.4 Å². The predicted octanol–water partition coefficient (Wildman–Crippen LogP) is 2.67. The van der Waals surface area contributed by atoms with E-state index >= 15 is 0 Å². The Morgan fingerprint density at radius 1 is 1.24 bits per heavy atom. The number of likely N-dealkylation sites (N-methyl/N-ethyl adjacent to an activating group) is 1. The monoisotopic (exact) mass is 544 g/mol. The van der Waals surface area contributed by atoms with Gasteiger partial charge in [-0.2, -0.15) is 13.2 Å². The van der Waals surface area contributed by atoms with Crippen molar-refractivity contribution in [3.8, 4) is 11.6 Å². The van der Waals surface area contributed by atoms with Gasteiger partial charge in [0.2, 0.25) is 11.8 Å². The smallest absolute Gasteiger partial charge is 0.422 e. The molecule has 0 bridgehead atoms. The Bertz CT molecular complexity index is 1350. The van der Waals surface area contributed by atoms with E-state index in [2.05, 4.69) is 10.3 Å². The van der Waals surface area contributed by atoms with Crippen LogP contribution in [0, 0.1) is 0 Å². The maximum atomic E-state index is 13.1. The lowest BCUT2D eigenvalue weighted by molar-refractivity contribution is -0.164. The number of carbonyl (C=O) groups is 1. The van der Waals surface area contributed by atoms with Gasteiger partial charge in [0.25, 0.3) is 5.91 Å². The van der Waals surface area contributed by atoms with Gasteiger partial charge in [-0.25, -0.2) is 13.4 Å². The number of nitrogens with one attached hydrogen (secondary N) is 1. The number of allylic oxidation sites excluding steroid dienone is 1. The van der Waals surface area contributed by atoms with Crippen LogP contribution in [0.5, 0.6) is 11.6 Å². The van der Waals surface area contributed by atoms with Crippen LogP contribution in [0.2, 0.25) is 0 Å². The Morgan fingerprint density at radius 3 is 2.59 bits per heavy atom. The first kappa shape index (κ1) is 26.6. The molecule has 2 aromatic heterocycles. The molecular formula is C23H27F3N4O6S. The molecule has 10 nitrogen and oxygen atoms in total. The SMILES string of the molecule is COc1c(C(=O)NC2(C)CCS(=O)(=O)CC2)nc2ccc(OC3=C(OCC(F)(F)F)C=CCN3C)cn12. The average Bonchev–Trinajstić information content (AvgIpc) is 3.19. The van der Waals surface area contributed by atoms with Gasteiger partial charge >= 0.3 is 6.18 Å². The highest BCUT2D eigenvalue weighted by atomic mass is 32.2. The quantitative estimate of drug-likeness (QED) is 0.567. The number of imidazole rings is 1. The van der Waals surface area contributed by atoms with E-state index in [1.807, 2.05) is 0 Å². The fourth-order valence-corrected chi connectivity index (χ4v) is 5.75. The number of amides is 1. The zero-order valence-electron chi connectivity index (χ0n) is 20.5. The van der Waals surface area contributed by atoms with Gasteiger partial charge in [-0.05, 0) is 38.0 Å². The summed E-state index contributed by atoms with van der Waals surface area (Å²) in [6, 6.07) is 3.12. The predicted molar refractivity (Wildman–Crippen MR) is 127 cm³/mol. The molecular weight excluding hydrogens is 517 g/mol. The van der Waals surface area contributed by atoms with Crippen molar-refractivity contribution in [1.29, 1.82) is 0 Å². The zero-order chi connectivity index (χ0) is 27.0. The normalized spacial score (nSPS) is 19.1. The molecule has 0 aliphatic carbocycles. The van der Waals surface area contributed by atoms with Crippen LogP contribution < -0.4 is 14.8 Å². The van der Waals surface area contributed by atoms with Crippen molar-refractivity contribution in [2.45, 2.75) is 31.5 Å². The van der Waals surface area contributed by atoms with Gasteiger partial charge in [-0.3, -0.25) is 9.20 Å². The molecule has 37 heavy (non-hydrogen) atoms. The van der Waals surface area contributed by atoms with Crippen LogP contribution in [0.15, 0.2) is 42.1 Å². The third-order valence-electron chi connectivity index (χ3n) is 6.11. The Morgan fingerprint density at radius 2 is 1.95 bits per heavy atom. The fraction of sp³-hybridized carbons (Fsp3) is 0.478. The summed E-state index contributed by atoms with van der Waals surface area (Å²) in [4.78, 5) is 19.0. The fourth-order valence-electron chi connectivity index (χ4n) is 4.02. The van der Waals surface area contributed by atoms with E-state index in [1.165, 1.54) is 23.8 Å². The Kier molecular flexibility index (Phi) is 7.06. The van der Waals surface area contributed by atoms with Crippen LogP contribution in [0.3, 0.4) is 0 Å². The number of halogens is 3. The summed E-state index contributed by atoms with van der Waals surface area (Å²) in [5.41, 5.74) is -0.346. The highest BCUT2D eigenvalue weighted by Gasteiger charge is 2.36. The molecule has 1 amide bonds. The van der Waals surface area contributed by atoms with E-state index in [0.29, 0.717) is 12.2 Å². The van der Waals surface area contributed by atoms with Crippen LogP contribution in [0.25, 0.3) is 5.65 Å². The number of carbonyl (C=O) groups excluding carboxylic acids is 1. The minimum absolute atomic E-state index is 0.000406. The molecule has 1 saturated heterocycles. The highest BCUT2D eigenvalue weighted by molar-refractivity contribution is 7.91. The van der Waals surface area contributed by atoms with Crippen LogP contribution in [0.1, 0.15) is 30.3 Å². The zero-order valence-corrected chi connectivity index (χ0v) is 21.3. The number of aromatic nitrogens is 2. The molecule has 14 heteroatoms. The highest BCUT2D eigenvalue weighted by Crippen LogP contribution is 2.29. The molecule has 4 rings (SSSR count). The van der Waals surface area contributed by atoms with Gasteiger partial charge in [0, 0.05) is 19.1 Å². The number of alkyl halides is 3.